The predicted molar refractivity (Wildman–Crippen MR) is 212 cm³/mol. The highest BCUT2D eigenvalue weighted by atomic mass is 16.6. The van der Waals surface area contributed by atoms with Gasteiger partial charge in [0.1, 0.15) is 23.1 Å². The summed E-state index contributed by atoms with van der Waals surface area (Å²) in [6.45, 7) is 6.32. The van der Waals surface area contributed by atoms with Gasteiger partial charge in [0.05, 0.1) is 51.0 Å². The van der Waals surface area contributed by atoms with Gasteiger partial charge in [0.25, 0.3) is 0 Å². The summed E-state index contributed by atoms with van der Waals surface area (Å²) in [6.07, 6.45) is -0.792. The molecule has 18 nitrogen and oxygen atoms in total. The van der Waals surface area contributed by atoms with Crippen LogP contribution in [0.2, 0.25) is 0 Å². The SMILES string of the molecule is COc1cc(Oc2cc([C@@H](C)NC(=O)OC(C)(C)C)ccc2OC)cc([C@@H]2NC(=O)[C@H](N)Cc3ccc(c([N+](=O)[O-])c3)Oc3cc(cc(O)c3OC)[C@H](CO)NC2=O)c1. The largest absolute Gasteiger partial charge is 0.504 e. The number of nitrogens with zero attached hydrogens (tertiary/aromatic N) is 1. The Balaban J connectivity index is 1.57. The maximum Gasteiger partial charge on any atom is 0.408 e. The molecule has 0 spiro atoms. The molecule has 314 valence electrons. The lowest BCUT2D eigenvalue weighted by Gasteiger charge is -2.26. The van der Waals surface area contributed by atoms with E-state index in [1.165, 1.54) is 69.9 Å². The number of methoxy groups -OCH3 is 3. The van der Waals surface area contributed by atoms with Crippen LogP contribution in [0.5, 0.6) is 46.0 Å². The first-order chi connectivity index (χ1) is 27.9. The number of nitrogens with two attached hydrogens (primary N) is 1. The van der Waals surface area contributed by atoms with Crippen molar-refractivity contribution < 1.29 is 57.9 Å². The van der Waals surface area contributed by atoms with E-state index in [9.17, 15) is 34.7 Å². The number of hydrogen-bond acceptors (Lipinski definition) is 14. The van der Waals surface area contributed by atoms with E-state index >= 15 is 0 Å². The molecule has 3 amide bonds. The minimum Gasteiger partial charge on any atom is -0.504 e. The van der Waals surface area contributed by atoms with Crippen LogP contribution in [0.1, 0.15) is 68.1 Å². The van der Waals surface area contributed by atoms with Gasteiger partial charge >= 0.3 is 11.8 Å². The molecule has 0 fully saturated rings. The summed E-state index contributed by atoms with van der Waals surface area (Å²) in [5, 5.41) is 41.7. The number of amides is 3. The third-order valence-electron chi connectivity index (χ3n) is 9.06. The number of carbonyl (C=O) groups is 3. The van der Waals surface area contributed by atoms with Crippen molar-refractivity contribution in [3.8, 4) is 46.0 Å². The van der Waals surface area contributed by atoms with Crippen molar-refractivity contribution in [2.45, 2.75) is 63.9 Å². The Hall–Kier alpha value is -6.79. The van der Waals surface area contributed by atoms with Crippen molar-refractivity contribution in [1.82, 2.24) is 16.0 Å². The third kappa shape index (κ3) is 10.6. The van der Waals surface area contributed by atoms with Crippen molar-refractivity contribution in [2.24, 2.45) is 5.73 Å². The lowest BCUT2D eigenvalue weighted by Crippen LogP contribution is -2.48. The second-order valence-electron chi connectivity index (χ2n) is 14.6. The number of rotatable bonds is 10. The summed E-state index contributed by atoms with van der Waals surface area (Å²) in [5.74, 6) is -1.66. The fourth-order valence-corrected chi connectivity index (χ4v) is 6.19. The average Bonchev–Trinajstić information content (AvgIpc) is 3.17. The zero-order chi connectivity index (χ0) is 43.2. The maximum atomic E-state index is 14.3. The number of aromatic hydroxyl groups is 1. The standard InChI is InChI=1S/C41H47N5O13/c1-21(43-40(51)59-41(2,3)4)23-9-11-33(55-6)34(17-23)57-27-15-25(14-26(19-27)54-5)36-39(50)44-29(20-47)24-16-31(48)37(56-7)35(18-24)58-32-10-8-22(13-30(32)46(52)53)12-28(42)38(49)45-36/h8-11,13-19,21,28-29,36,47-48H,12,20,42H2,1-7H3,(H,43,51)(H,44,50)(H,45,49)/t21-,28-,29+,36+/m1/s1. The van der Waals surface area contributed by atoms with Crippen LogP contribution in [-0.4, -0.2) is 72.6 Å². The van der Waals surface area contributed by atoms with E-state index in [1.807, 2.05) is 0 Å². The van der Waals surface area contributed by atoms with Crippen LogP contribution in [0.4, 0.5) is 10.5 Å². The summed E-state index contributed by atoms with van der Waals surface area (Å²) in [6, 6.07) is 11.6. The van der Waals surface area contributed by atoms with Crippen molar-refractivity contribution in [2.75, 3.05) is 27.9 Å². The number of nitro benzene ring substituents is 1. The van der Waals surface area contributed by atoms with Crippen LogP contribution < -0.4 is 45.4 Å². The lowest BCUT2D eigenvalue weighted by molar-refractivity contribution is -0.385. The molecule has 59 heavy (non-hydrogen) atoms. The van der Waals surface area contributed by atoms with E-state index in [0.717, 1.165) is 0 Å². The molecule has 4 bridgehead atoms. The van der Waals surface area contributed by atoms with Gasteiger partial charge in [-0.05, 0) is 98.8 Å². The van der Waals surface area contributed by atoms with Gasteiger partial charge in [-0.1, -0.05) is 12.1 Å². The first-order valence-corrected chi connectivity index (χ1v) is 18.3. The third-order valence-corrected chi connectivity index (χ3v) is 9.06. The minimum absolute atomic E-state index is 0.124. The van der Waals surface area contributed by atoms with Gasteiger partial charge in [-0.2, -0.15) is 0 Å². The zero-order valence-corrected chi connectivity index (χ0v) is 33.5. The number of nitrogens with one attached hydrogen (secondary N) is 3. The van der Waals surface area contributed by atoms with E-state index in [0.29, 0.717) is 16.9 Å². The van der Waals surface area contributed by atoms with Crippen molar-refractivity contribution in [1.29, 1.82) is 0 Å². The van der Waals surface area contributed by atoms with Crippen LogP contribution in [-0.2, 0) is 20.7 Å². The van der Waals surface area contributed by atoms with Crippen molar-refractivity contribution in [3.63, 3.8) is 0 Å². The van der Waals surface area contributed by atoms with Gasteiger partial charge in [-0.15, -0.1) is 0 Å². The number of benzene rings is 4. The summed E-state index contributed by atoms with van der Waals surface area (Å²) < 4.78 is 34.0. The van der Waals surface area contributed by atoms with E-state index < -0.39 is 70.6 Å². The van der Waals surface area contributed by atoms with Gasteiger partial charge in [0, 0.05) is 12.1 Å². The number of phenols is 1. The van der Waals surface area contributed by atoms with Gasteiger partial charge in [-0.25, -0.2) is 4.79 Å². The number of fused-ring (bicyclic) bond motifs is 9. The molecular formula is C41H47N5O13. The summed E-state index contributed by atoms with van der Waals surface area (Å²) in [5.41, 5.74) is 6.40. The molecule has 7 N–H and O–H groups in total. The molecule has 6 rings (SSSR count). The Morgan fingerprint density at radius 1 is 0.932 bits per heavy atom. The van der Waals surface area contributed by atoms with Gasteiger partial charge < -0.3 is 60.3 Å². The number of hydrogen-bond donors (Lipinski definition) is 6. The Kier molecular flexibility index (Phi) is 13.4. The molecule has 0 saturated heterocycles. The minimum atomic E-state index is -1.50. The summed E-state index contributed by atoms with van der Waals surface area (Å²) in [4.78, 5) is 52.0. The summed E-state index contributed by atoms with van der Waals surface area (Å²) in [7, 11) is 4.10. The van der Waals surface area contributed by atoms with Crippen LogP contribution in [0.15, 0.2) is 66.7 Å². The Morgan fingerprint density at radius 3 is 2.31 bits per heavy atom. The first kappa shape index (κ1) is 43.3. The monoisotopic (exact) mass is 817 g/mol. The molecular weight excluding hydrogens is 770 g/mol. The van der Waals surface area contributed by atoms with Crippen molar-refractivity contribution >= 4 is 23.6 Å². The fraction of sp³-hybridized carbons (Fsp3) is 0.341. The molecule has 2 aliphatic heterocycles. The molecule has 0 saturated carbocycles. The predicted octanol–water partition coefficient (Wildman–Crippen LogP) is 5.39. The highest BCUT2D eigenvalue weighted by Crippen LogP contribution is 2.44. The molecule has 4 aromatic carbocycles. The Bertz CT molecular complexity index is 2220. The van der Waals surface area contributed by atoms with Crippen LogP contribution in [0.3, 0.4) is 0 Å². The number of nitro groups is 1. The van der Waals surface area contributed by atoms with Gasteiger partial charge in [-0.3, -0.25) is 19.7 Å². The molecule has 0 aromatic heterocycles. The second-order valence-corrected chi connectivity index (χ2v) is 14.6. The maximum absolute atomic E-state index is 14.3. The van der Waals surface area contributed by atoms with Gasteiger partial charge in [0.15, 0.2) is 23.0 Å². The smallest absolute Gasteiger partial charge is 0.408 e. The quantitative estimate of drug-likeness (QED) is 0.0868. The van der Waals surface area contributed by atoms with Gasteiger partial charge in [0.2, 0.25) is 23.3 Å². The van der Waals surface area contributed by atoms with Crippen LogP contribution in [0.25, 0.3) is 0 Å². The zero-order valence-electron chi connectivity index (χ0n) is 33.5. The Labute approximate surface area is 339 Å². The van der Waals surface area contributed by atoms with Crippen molar-refractivity contribution in [3.05, 3.63) is 99.1 Å². The molecule has 4 aromatic rings. The van der Waals surface area contributed by atoms with E-state index in [1.54, 1.807) is 45.9 Å². The topological polar surface area (TPSA) is 252 Å². The van der Waals surface area contributed by atoms with E-state index in [-0.39, 0.29) is 52.0 Å². The number of ether oxygens (including phenoxy) is 6. The molecule has 0 unspecified atom stereocenters. The van der Waals surface area contributed by atoms with Crippen LogP contribution >= 0.6 is 0 Å². The lowest BCUT2D eigenvalue weighted by atomic mass is 10.0. The van der Waals surface area contributed by atoms with E-state index in [2.05, 4.69) is 16.0 Å². The number of alkyl carbamates (subject to hydrolysis) is 1. The fourth-order valence-electron chi connectivity index (χ4n) is 6.19. The molecule has 2 aliphatic rings. The molecule has 0 aliphatic carbocycles. The highest BCUT2D eigenvalue weighted by molar-refractivity contribution is 5.91. The molecule has 0 radical (unpaired) electrons. The molecule has 4 atom stereocenters. The van der Waals surface area contributed by atoms with Crippen LogP contribution in [0, 0.1) is 10.1 Å². The summed E-state index contributed by atoms with van der Waals surface area (Å²) >= 11 is 0. The van der Waals surface area contributed by atoms with E-state index in [4.69, 9.17) is 34.2 Å². The average molecular weight is 818 g/mol. The number of aliphatic hydroxyl groups is 1. The number of phenolic OH excluding ortho intramolecular Hbond substituents is 1. The second kappa shape index (κ2) is 18.2. The molecule has 18 heteroatoms. The first-order valence-electron chi connectivity index (χ1n) is 18.3. The number of aliphatic hydroxyl groups excluding tert-OH is 1. The highest BCUT2D eigenvalue weighted by Gasteiger charge is 2.31. The normalized spacial score (nSPS) is 17.4. The molecule has 2 heterocycles. The number of carbonyl (C=O) groups excluding carboxylic acids is 3. The Morgan fingerprint density at radius 2 is 1.66 bits per heavy atom.